The monoisotopic (exact) mass is 266 g/mol. The molecule has 0 amide bonds. The summed E-state index contributed by atoms with van der Waals surface area (Å²) in [7, 11) is 0. The molecule has 0 fully saturated rings. The largest absolute Gasteiger partial charge is 0.479 e. The van der Waals surface area contributed by atoms with Crippen LogP contribution in [0.5, 0.6) is 5.75 Å². The van der Waals surface area contributed by atoms with Gasteiger partial charge in [0, 0.05) is 6.07 Å². The van der Waals surface area contributed by atoms with Crippen LogP contribution in [0, 0.1) is 23.3 Å². The van der Waals surface area contributed by atoms with Crippen LogP contribution < -0.4 is 4.74 Å². The Kier molecular flexibility index (Phi) is 4.52. The number of carbonyl (C=O) groups is 1. The molecule has 18 heavy (non-hydrogen) atoms. The second-order valence-corrected chi connectivity index (χ2v) is 3.53. The summed E-state index contributed by atoms with van der Waals surface area (Å²) >= 11 is 0. The average Bonchev–Trinajstić information content (AvgIpc) is 2.30. The Morgan fingerprint density at radius 3 is 2.17 bits per heavy atom. The number of carboxylic acid groups (broad SMARTS) is 1. The number of aliphatic carboxylic acids is 1. The van der Waals surface area contributed by atoms with E-state index in [9.17, 15) is 22.4 Å². The molecular weight excluding hydrogens is 256 g/mol. The number of ether oxygens (including phenoxy) is 1. The van der Waals surface area contributed by atoms with Gasteiger partial charge in [0.05, 0.1) is 0 Å². The third kappa shape index (κ3) is 2.91. The molecule has 0 saturated heterocycles. The zero-order chi connectivity index (χ0) is 13.9. The Morgan fingerprint density at radius 1 is 1.28 bits per heavy atom. The van der Waals surface area contributed by atoms with Crippen molar-refractivity contribution in [2.45, 2.75) is 25.9 Å². The van der Waals surface area contributed by atoms with Crippen LogP contribution in [0.4, 0.5) is 17.6 Å². The number of hydrogen-bond acceptors (Lipinski definition) is 2. The molecule has 7 heteroatoms. The van der Waals surface area contributed by atoms with Gasteiger partial charge in [-0.05, 0) is 6.42 Å². The van der Waals surface area contributed by atoms with Gasteiger partial charge in [-0.3, -0.25) is 0 Å². The standard InChI is InChI=1S/C11H10F4O3/c1-2-3-7(11(16)17)18-10-8(14)5(12)4-6(13)9(10)15/h4,7H,2-3H2,1H3,(H,16,17). The highest BCUT2D eigenvalue weighted by Crippen LogP contribution is 2.28. The van der Waals surface area contributed by atoms with Crippen molar-refractivity contribution in [3.05, 3.63) is 29.3 Å². The normalized spacial score (nSPS) is 12.3. The maximum Gasteiger partial charge on any atom is 0.344 e. The lowest BCUT2D eigenvalue weighted by atomic mass is 10.2. The number of halogens is 4. The number of carboxylic acids is 1. The Morgan fingerprint density at radius 2 is 1.78 bits per heavy atom. The number of rotatable bonds is 5. The molecular formula is C11H10F4O3. The third-order valence-corrected chi connectivity index (χ3v) is 2.16. The molecule has 3 nitrogen and oxygen atoms in total. The zero-order valence-corrected chi connectivity index (χ0v) is 9.34. The van der Waals surface area contributed by atoms with Crippen molar-refractivity contribution in [2.24, 2.45) is 0 Å². The molecule has 0 aromatic heterocycles. The first-order valence-corrected chi connectivity index (χ1v) is 5.10. The number of benzene rings is 1. The van der Waals surface area contributed by atoms with E-state index in [1.807, 2.05) is 0 Å². The molecule has 1 N–H and O–H groups in total. The minimum absolute atomic E-state index is 0.0210. The second kappa shape index (κ2) is 5.70. The predicted molar refractivity (Wildman–Crippen MR) is 53.2 cm³/mol. The molecule has 0 aliphatic heterocycles. The van der Waals surface area contributed by atoms with Crippen LogP contribution in [-0.2, 0) is 4.79 Å². The third-order valence-electron chi connectivity index (χ3n) is 2.16. The Balaban J connectivity index is 3.13. The van der Waals surface area contributed by atoms with Crippen LogP contribution in [0.1, 0.15) is 19.8 Å². The van der Waals surface area contributed by atoms with E-state index in [1.54, 1.807) is 6.92 Å². The highest BCUT2D eigenvalue weighted by Gasteiger charge is 2.26. The lowest BCUT2D eigenvalue weighted by Gasteiger charge is -2.15. The molecule has 0 bridgehead atoms. The molecule has 1 unspecified atom stereocenters. The van der Waals surface area contributed by atoms with E-state index in [2.05, 4.69) is 4.74 Å². The fourth-order valence-corrected chi connectivity index (χ4v) is 1.29. The minimum atomic E-state index is -1.75. The lowest BCUT2D eigenvalue weighted by Crippen LogP contribution is -2.27. The summed E-state index contributed by atoms with van der Waals surface area (Å²) in [6.45, 7) is 1.62. The second-order valence-electron chi connectivity index (χ2n) is 3.53. The van der Waals surface area contributed by atoms with E-state index in [1.165, 1.54) is 0 Å². The SMILES string of the molecule is CCCC(Oc1c(F)c(F)cc(F)c1F)C(=O)O. The molecule has 0 heterocycles. The van der Waals surface area contributed by atoms with E-state index in [4.69, 9.17) is 5.11 Å². The van der Waals surface area contributed by atoms with E-state index >= 15 is 0 Å². The smallest absolute Gasteiger partial charge is 0.344 e. The molecule has 1 aromatic carbocycles. The Bertz CT molecular complexity index is 436. The first-order chi connectivity index (χ1) is 8.38. The molecule has 100 valence electrons. The highest BCUT2D eigenvalue weighted by atomic mass is 19.2. The Hall–Kier alpha value is -1.79. The van der Waals surface area contributed by atoms with Crippen LogP contribution >= 0.6 is 0 Å². The summed E-state index contributed by atoms with van der Waals surface area (Å²) in [4.78, 5) is 10.7. The summed E-state index contributed by atoms with van der Waals surface area (Å²) in [6, 6.07) is 0.0210. The van der Waals surface area contributed by atoms with E-state index in [0.717, 1.165) is 0 Å². The zero-order valence-electron chi connectivity index (χ0n) is 9.34. The van der Waals surface area contributed by atoms with Crippen molar-refractivity contribution in [2.75, 3.05) is 0 Å². The highest BCUT2D eigenvalue weighted by molar-refractivity contribution is 5.72. The maximum absolute atomic E-state index is 13.2. The molecule has 1 rings (SSSR count). The first kappa shape index (κ1) is 14.3. The van der Waals surface area contributed by atoms with Crippen LogP contribution in [0.15, 0.2) is 6.07 Å². The average molecular weight is 266 g/mol. The quantitative estimate of drug-likeness (QED) is 0.658. The topological polar surface area (TPSA) is 46.5 Å². The summed E-state index contributed by atoms with van der Waals surface area (Å²) in [5.74, 6) is -9.63. The van der Waals surface area contributed by atoms with E-state index < -0.39 is 41.1 Å². The van der Waals surface area contributed by atoms with Gasteiger partial charge in [0.25, 0.3) is 0 Å². The van der Waals surface area contributed by atoms with Gasteiger partial charge in [-0.2, -0.15) is 8.78 Å². The maximum atomic E-state index is 13.2. The summed E-state index contributed by atoms with van der Waals surface area (Å²) in [6.07, 6.45) is -1.26. The number of hydrogen-bond donors (Lipinski definition) is 1. The van der Waals surface area contributed by atoms with Crippen LogP contribution in [0.3, 0.4) is 0 Å². The van der Waals surface area contributed by atoms with Crippen molar-refractivity contribution in [3.8, 4) is 5.75 Å². The van der Waals surface area contributed by atoms with E-state index in [-0.39, 0.29) is 12.5 Å². The molecule has 0 aliphatic carbocycles. The molecule has 0 spiro atoms. The van der Waals surface area contributed by atoms with E-state index in [0.29, 0.717) is 6.42 Å². The molecule has 1 aromatic rings. The van der Waals surface area contributed by atoms with Gasteiger partial charge in [0.15, 0.2) is 23.5 Å². The summed E-state index contributed by atoms with van der Waals surface area (Å²) < 4.78 is 56.6. The van der Waals surface area contributed by atoms with Crippen LogP contribution in [0.25, 0.3) is 0 Å². The van der Waals surface area contributed by atoms with Gasteiger partial charge in [0.1, 0.15) is 0 Å². The first-order valence-electron chi connectivity index (χ1n) is 5.10. The summed E-state index contributed by atoms with van der Waals surface area (Å²) in [5.41, 5.74) is 0. The van der Waals surface area contributed by atoms with Crippen LogP contribution in [-0.4, -0.2) is 17.2 Å². The predicted octanol–water partition coefficient (Wildman–Crippen LogP) is 2.88. The van der Waals surface area contributed by atoms with Crippen molar-refractivity contribution in [3.63, 3.8) is 0 Å². The fourth-order valence-electron chi connectivity index (χ4n) is 1.29. The van der Waals surface area contributed by atoms with Crippen molar-refractivity contribution < 1.29 is 32.2 Å². The fraction of sp³-hybridized carbons (Fsp3) is 0.364. The molecule has 0 saturated carbocycles. The molecule has 0 aliphatic rings. The van der Waals surface area contributed by atoms with Crippen LogP contribution in [0.2, 0.25) is 0 Å². The molecule has 1 atom stereocenters. The van der Waals surface area contributed by atoms with Gasteiger partial charge in [-0.25, -0.2) is 13.6 Å². The van der Waals surface area contributed by atoms with Crippen molar-refractivity contribution >= 4 is 5.97 Å². The lowest BCUT2D eigenvalue weighted by molar-refractivity contribution is -0.145. The minimum Gasteiger partial charge on any atom is -0.479 e. The van der Waals surface area contributed by atoms with Gasteiger partial charge in [0.2, 0.25) is 11.6 Å². The van der Waals surface area contributed by atoms with Gasteiger partial charge < -0.3 is 9.84 Å². The van der Waals surface area contributed by atoms with Gasteiger partial charge >= 0.3 is 5.97 Å². The van der Waals surface area contributed by atoms with Gasteiger partial charge in [-0.15, -0.1) is 0 Å². The molecule has 0 radical (unpaired) electrons. The summed E-state index contributed by atoms with van der Waals surface area (Å²) in [5, 5.41) is 8.73. The Labute approximate surface area is 100.0 Å². The van der Waals surface area contributed by atoms with Gasteiger partial charge in [-0.1, -0.05) is 13.3 Å². The van der Waals surface area contributed by atoms with Crippen molar-refractivity contribution in [1.29, 1.82) is 0 Å². The van der Waals surface area contributed by atoms with Crippen molar-refractivity contribution in [1.82, 2.24) is 0 Å².